The lowest BCUT2D eigenvalue weighted by atomic mass is 9.87. The van der Waals surface area contributed by atoms with Gasteiger partial charge in [0, 0.05) is 11.3 Å². The molecule has 160 valence electrons. The van der Waals surface area contributed by atoms with Crippen LogP contribution in [0.1, 0.15) is 51.5 Å². The second-order valence-corrected chi connectivity index (χ2v) is 9.72. The van der Waals surface area contributed by atoms with E-state index in [-0.39, 0.29) is 16.8 Å². The van der Waals surface area contributed by atoms with Crippen LogP contribution in [0.25, 0.3) is 0 Å². The Balaban J connectivity index is 1.58. The van der Waals surface area contributed by atoms with Crippen LogP contribution in [-0.4, -0.2) is 14.3 Å². The largest absolute Gasteiger partial charge is 0.345 e. The Morgan fingerprint density at radius 1 is 0.968 bits per heavy atom. The fraction of sp³-hybridized carbons (Fsp3) is 0.240. The molecule has 0 bridgehead atoms. The number of aryl methyl sites for hydroxylation is 3. The van der Waals surface area contributed by atoms with Gasteiger partial charge in [0.25, 0.3) is 15.9 Å². The summed E-state index contributed by atoms with van der Waals surface area (Å²) in [6, 6.07) is 20.1. The minimum atomic E-state index is -3.83. The van der Waals surface area contributed by atoms with Crippen molar-refractivity contribution < 1.29 is 13.2 Å². The van der Waals surface area contributed by atoms with Crippen molar-refractivity contribution in [2.75, 3.05) is 4.72 Å². The standard InChI is InChI=1S/C25H26N2O3S/c1-17-7-5-10-21(15-17)27-31(29,30)24-16-20(14-13-18(24)2)25(28)26-23-12-6-9-19-8-3-4-11-22(19)23/h3-5,7-8,10-11,13-16,23,27H,6,9,12H2,1-2H3,(H,26,28)/t23-/m0/s1. The lowest BCUT2D eigenvalue weighted by Crippen LogP contribution is -2.31. The topological polar surface area (TPSA) is 75.3 Å². The van der Waals surface area contributed by atoms with E-state index < -0.39 is 10.0 Å². The van der Waals surface area contributed by atoms with Crippen LogP contribution in [0.15, 0.2) is 71.6 Å². The van der Waals surface area contributed by atoms with E-state index in [4.69, 9.17) is 0 Å². The summed E-state index contributed by atoms with van der Waals surface area (Å²) in [5, 5.41) is 3.09. The molecule has 0 fully saturated rings. The SMILES string of the molecule is Cc1cccc(NS(=O)(=O)c2cc(C(=O)N[C@H]3CCCc4ccccc43)ccc2C)c1. The molecule has 0 saturated carbocycles. The quantitative estimate of drug-likeness (QED) is 0.599. The lowest BCUT2D eigenvalue weighted by molar-refractivity contribution is 0.0932. The third-order valence-electron chi connectivity index (χ3n) is 5.68. The zero-order valence-electron chi connectivity index (χ0n) is 17.7. The normalized spacial score (nSPS) is 15.7. The van der Waals surface area contributed by atoms with Crippen molar-refractivity contribution >= 4 is 21.6 Å². The molecule has 1 aliphatic carbocycles. The number of benzene rings is 3. The van der Waals surface area contributed by atoms with E-state index in [9.17, 15) is 13.2 Å². The summed E-state index contributed by atoms with van der Waals surface area (Å²) >= 11 is 0. The molecule has 3 aromatic rings. The van der Waals surface area contributed by atoms with Crippen molar-refractivity contribution in [3.05, 3.63) is 94.5 Å². The predicted molar refractivity (Wildman–Crippen MR) is 123 cm³/mol. The van der Waals surface area contributed by atoms with Crippen LogP contribution in [0.4, 0.5) is 5.69 Å². The van der Waals surface area contributed by atoms with Crippen molar-refractivity contribution in [1.82, 2.24) is 5.32 Å². The van der Waals surface area contributed by atoms with Crippen molar-refractivity contribution in [1.29, 1.82) is 0 Å². The van der Waals surface area contributed by atoms with Gasteiger partial charge in [0.1, 0.15) is 0 Å². The zero-order valence-corrected chi connectivity index (χ0v) is 18.5. The first-order valence-electron chi connectivity index (χ1n) is 10.4. The molecule has 0 aliphatic heterocycles. The maximum atomic E-state index is 13.0. The molecule has 0 saturated heterocycles. The Morgan fingerprint density at radius 3 is 2.58 bits per heavy atom. The summed E-state index contributed by atoms with van der Waals surface area (Å²) in [6.45, 7) is 3.63. The third kappa shape index (κ3) is 4.64. The van der Waals surface area contributed by atoms with Gasteiger partial charge in [0.05, 0.1) is 10.9 Å². The van der Waals surface area contributed by atoms with Crippen LogP contribution in [0.3, 0.4) is 0 Å². The second-order valence-electron chi connectivity index (χ2n) is 8.07. The van der Waals surface area contributed by atoms with Crippen LogP contribution in [-0.2, 0) is 16.4 Å². The highest BCUT2D eigenvalue weighted by Crippen LogP contribution is 2.30. The molecule has 1 aliphatic rings. The molecule has 1 atom stereocenters. The summed E-state index contributed by atoms with van der Waals surface area (Å²) in [5.41, 5.74) is 4.76. The molecule has 5 nitrogen and oxygen atoms in total. The molecule has 2 N–H and O–H groups in total. The van der Waals surface area contributed by atoms with Gasteiger partial charge in [-0.15, -0.1) is 0 Å². The lowest BCUT2D eigenvalue weighted by Gasteiger charge is -2.26. The summed E-state index contributed by atoms with van der Waals surface area (Å²) < 4.78 is 28.7. The molecule has 0 spiro atoms. The van der Waals surface area contributed by atoms with Gasteiger partial charge in [-0.05, 0) is 79.6 Å². The van der Waals surface area contributed by atoms with E-state index in [2.05, 4.69) is 22.2 Å². The molecule has 1 amide bonds. The number of carbonyl (C=O) groups excluding carboxylic acids is 1. The number of nitrogens with one attached hydrogen (secondary N) is 2. The van der Waals surface area contributed by atoms with Crippen LogP contribution >= 0.6 is 0 Å². The molecule has 3 aromatic carbocycles. The number of amides is 1. The van der Waals surface area contributed by atoms with Crippen LogP contribution in [0, 0.1) is 13.8 Å². The van der Waals surface area contributed by atoms with E-state index in [1.807, 2.05) is 25.1 Å². The first-order valence-corrected chi connectivity index (χ1v) is 11.9. The average Bonchev–Trinajstić information content (AvgIpc) is 2.74. The van der Waals surface area contributed by atoms with Gasteiger partial charge < -0.3 is 5.32 Å². The summed E-state index contributed by atoms with van der Waals surface area (Å²) in [5.74, 6) is -0.270. The van der Waals surface area contributed by atoms with E-state index in [0.717, 1.165) is 30.4 Å². The highest BCUT2D eigenvalue weighted by molar-refractivity contribution is 7.92. The molecular weight excluding hydrogens is 408 g/mol. The Hall–Kier alpha value is -3.12. The van der Waals surface area contributed by atoms with E-state index in [1.54, 1.807) is 37.3 Å². The molecule has 31 heavy (non-hydrogen) atoms. The maximum absolute atomic E-state index is 13.0. The fourth-order valence-corrected chi connectivity index (χ4v) is 5.42. The van der Waals surface area contributed by atoms with Gasteiger partial charge in [-0.3, -0.25) is 9.52 Å². The summed E-state index contributed by atoms with van der Waals surface area (Å²) in [4.78, 5) is 13.1. The van der Waals surface area contributed by atoms with Gasteiger partial charge in [-0.1, -0.05) is 42.5 Å². The van der Waals surface area contributed by atoms with E-state index >= 15 is 0 Å². The van der Waals surface area contributed by atoms with Crippen molar-refractivity contribution in [2.45, 2.75) is 44.0 Å². The maximum Gasteiger partial charge on any atom is 0.262 e. The van der Waals surface area contributed by atoms with Gasteiger partial charge in [-0.25, -0.2) is 8.42 Å². The first kappa shape index (κ1) is 21.1. The number of carbonyl (C=O) groups is 1. The summed E-state index contributed by atoms with van der Waals surface area (Å²) in [7, 11) is -3.83. The molecular formula is C25H26N2O3S. The highest BCUT2D eigenvalue weighted by atomic mass is 32.2. The van der Waals surface area contributed by atoms with Gasteiger partial charge >= 0.3 is 0 Å². The zero-order chi connectivity index (χ0) is 22.0. The molecule has 4 rings (SSSR count). The fourth-order valence-electron chi connectivity index (χ4n) is 4.09. The third-order valence-corrected chi connectivity index (χ3v) is 7.21. The van der Waals surface area contributed by atoms with E-state index in [0.29, 0.717) is 16.8 Å². The molecule has 0 radical (unpaired) electrons. The Kier molecular flexibility index (Phi) is 5.83. The average molecular weight is 435 g/mol. The molecule has 0 heterocycles. The molecule has 0 aromatic heterocycles. The Labute approximate surface area is 183 Å². The number of sulfonamides is 1. The van der Waals surface area contributed by atoms with Crippen LogP contribution < -0.4 is 10.0 Å². The Morgan fingerprint density at radius 2 is 1.77 bits per heavy atom. The minimum Gasteiger partial charge on any atom is -0.345 e. The van der Waals surface area contributed by atoms with Crippen molar-refractivity contribution in [3.63, 3.8) is 0 Å². The number of hydrogen-bond donors (Lipinski definition) is 2. The highest BCUT2D eigenvalue weighted by Gasteiger charge is 2.24. The minimum absolute atomic E-state index is 0.0655. The number of fused-ring (bicyclic) bond motifs is 1. The number of rotatable bonds is 5. The Bertz CT molecular complexity index is 1240. The van der Waals surface area contributed by atoms with Crippen LogP contribution in [0.2, 0.25) is 0 Å². The predicted octanol–water partition coefficient (Wildman–Crippen LogP) is 4.91. The smallest absolute Gasteiger partial charge is 0.262 e. The summed E-state index contributed by atoms with van der Waals surface area (Å²) in [6.07, 6.45) is 2.89. The first-order chi connectivity index (χ1) is 14.8. The molecule has 0 unspecified atom stereocenters. The molecule has 6 heteroatoms. The number of anilines is 1. The second kappa shape index (κ2) is 8.55. The van der Waals surface area contributed by atoms with Crippen LogP contribution in [0.5, 0.6) is 0 Å². The monoisotopic (exact) mass is 434 g/mol. The van der Waals surface area contributed by atoms with Gasteiger partial charge in [-0.2, -0.15) is 0 Å². The van der Waals surface area contributed by atoms with Gasteiger partial charge in [0.15, 0.2) is 0 Å². The van der Waals surface area contributed by atoms with Crippen molar-refractivity contribution in [2.24, 2.45) is 0 Å². The van der Waals surface area contributed by atoms with E-state index in [1.165, 1.54) is 11.6 Å². The van der Waals surface area contributed by atoms with Crippen molar-refractivity contribution in [3.8, 4) is 0 Å². The number of hydrogen-bond acceptors (Lipinski definition) is 3. The van der Waals surface area contributed by atoms with Gasteiger partial charge in [0.2, 0.25) is 0 Å².